The van der Waals surface area contributed by atoms with Crippen LogP contribution in [0.15, 0.2) is 0 Å². The van der Waals surface area contributed by atoms with Crippen LogP contribution in [-0.4, -0.2) is 24.2 Å². The van der Waals surface area contributed by atoms with Crippen molar-refractivity contribution in [1.82, 2.24) is 0 Å². The lowest BCUT2D eigenvalue weighted by Crippen LogP contribution is -2.38. The minimum Gasteiger partial charge on any atom is -0.481 e. The molecule has 4 heteroatoms. The number of carboxylic acids is 1. The molecule has 1 fully saturated rings. The van der Waals surface area contributed by atoms with Gasteiger partial charge in [0.05, 0.1) is 18.9 Å². The molecule has 1 aliphatic carbocycles. The number of esters is 1. The molecule has 2 unspecified atom stereocenters. The summed E-state index contributed by atoms with van der Waals surface area (Å²) in [6.07, 6.45) is 1.23. The van der Waals surface area contributed by atoms with Gasteiger partial charge in [0.2, 0.25) is 0 Å². The summed E-state index contributed by atoms with van der Waals surface area (Å²) in [5, 5.41) is 8.54. The maximum atomic E-state index is 10.8. The van der Waals surface area contributed by atoms with Crippen LogP contribution in [0.2, 0.25) is 0 Å². The van der Waals surface area contributed by atoms with Crippen molar-refractivity contribution in [3.63, 3.8) is 0 Å². The van der Waals surface area contributed by atoms with Crippen LogP contribution in [0.4, 0.5) is 0 Å². The number of methoxy groups -OCH3 is 1. The van der Waals surface area contributed by atoms with Crippen molar-refractivity contribution in [2.45, 2.75) is 12.8 Å². The Kier molecular flexibility index (Phi) is 2.12. The zero-order valence-corrected chi connectivity index (χ0v) is 6.24. The fraction of sp³-hybridized carbons (Fsp3) is 0.714. The Morgan fingerprint density at radius 1 is 1.36 bits per heavy atom. The van der Waals surface area contributed by atoms with E-state index in [0.717, 1.165) is 0 Å². The highest BCUT2D eigenvalue weighted by molar-refractivity contribution is 5.82. The van der Waals surface area contributed by atoms with E-state index >= 15 is 0 Å². The summed E-state index contributed by atoms with van der Waals surface area (Å²) in [5.74, 6) is -2.21. The normalized spacial score (nSPS) is 28.8. The molecule has 1 saturated carbocycles. The zero-order chi connectivity index (χ0) is 8.43. The molecular formula is C7H10O4. The quantitative estimate of drug-likeness (QED) is 0.586. The van der Waals surface area contributed by atoms with Gasteiger partial charge in [-0.25, -0.2) is 0 Å². The first-order valence-corrected chi connectivity index (χ1v) is 3.47. The summed E-state index contributed by atoms with van der Waals surface area (Å²) in [4.78, 5) is 21.2. The van der Waals surface area contributed by atoms with Crippen LogP contribution in [0.25, 0.3) is 0 Å². The third-order valence-electron chi connectivity index (χ3n) is 2.10. The first kappa shape index (κ1) is 8.04. The molecule has 1 N–H and O–H groups in total. The van der Waals surface area contributed by atoms with Crippen LogP contribution in [-0.2, 0) is 14.3 Å². The SMILES string of the molecule is COC(=O)C1CCC1C(=O)O. The van der Waals surface area contributed by atoms with Gasteiger partial charge in [0.1, 0.15) is 0 Å². The second kappa shape index (κ2) is 2.90. The molecule has 0 spiro atoms. The average molecular weight is 158 g/mol. The fourth-order valence-corrected chi connectivity index (χ4v) is 1.23. The van der Waals surface area contributed by atoms with Gasteiger partial charge in [-0.1, -0.05) is 0 Å². The molecule has 0 aliphatic heterocycles. The molecule has 4 nitrogen and oxygen atoms in total. The van der Waals surface area contributed by atoms with Crippen LogP contribution in [0, 0.1) is 11.8 Å². The summed E-state index contributed by atoms with van der Waals surface area (Å²) < 4.78 is 4.43. The summed E-state index contributed by atoms with van der Waals surface area (Å²) in [7, 11) is 1.28. The highest BCUT2D eigenvalue weighted by Gasteiger charge is 2.42. The van der Waals surface area contributed by atoms with Crippen molar-refractivity contribution in [3.05, 3.63) is 0 Å². The maximum Gasteiger partial charge on any atom is 0.309 e. The van der Waals surface area contributed by atoms with Crippen LogP contribution < -0.4 is 0 Å². The Morgan fingerprint density at radius 2 is 1.91 bits per heavy atom. The van der Waals surface area contributed by atoms with Gasteiger partial charge in [0.25, 0.3) is 0 Å². The second-order valence-electron chi connectivity index (χ2n) is 2.65. The van der Waals surface area contributed by atoms with E-state index in [1.165, 1.54) is 7.11 Å². The number of hydrogen-bond donors (Lipinski definition) is 1. The highest BCUT2D eigenvalue weighted by atomic mass is 16.5. The number of aliphatic carboxylic acids is 1. The van der Waals surface area contributed by atoms with Crippen molar-refractivity contribution >= 4 is 11.9 Å². The topological polar surface area (TPSA) is 63.6 Å². The molecule has 0 aromatic rings. The van der Waals surface area contributed by atoms with Crippen LogP contribution in [0.3, 0.4) is 0 Å². The molecule has 0 heterocycles. The van der Waals surface area contributed by atoms with Crippen LogP contribution >= 0.6 is 0 Å². The van der Waals surface area contributed by atoms with Gasteiger partial charge < -0.3 is 9.84 Å². The monoisotopic (exact) mass is 158 g/mol. The van der Waals surface area contributed by atoms with Gasteiger partial charge in [-0.3, -0.25) is 9.59 Å². The molecule has 11 heavy (non-hydrogen) atoms. The van der Waals surface area contributed by atoms with Crippen molar-refractivity contribution < 1.29 is 19.4 Å². The number of ether oxygens (including phenoxy) is 1. The van der Waals surface area contributed by atoms with E-state index in [-0.39, 0.29) is 0 Å². The van der Waals surface area contributed by atoms with E-state index in [4.69, 9.17) is 5.11 Å². The molecule has 62 valence electrons. The number of carbonyl (C=O) groups is 2. The fourth-order valence-electron chi connectivity index (χ4n) is 1.23. The molecule has 0 aromatic heterocycles. The first-order valence-electron chi connectivity index (χ1n) is 3.47. The Hall–Kier alpha value is -1.06. The Labute approximate surface area is 64.2 Å². The lowest BCUT2D eigenvalue weighted by molar-refractivity contribution is -0.162. The average Bonchev–Trinajstić information content (AvgIpc) is 1.83. The molecular weight excluding hydrogens is 148 g/mol. The molecule has 0 saturated heterocycles. The standard InChI is InChI=1S/C7H10O4/c1-11-7(10)5-3-2-4(5)6(8)9/h4-5H,2-3H2,1H3,(H,8,9). The third kappa shape index (κ3) is 1.34. The van der Waals surface area contributed by atoms with E-state index in [1.54, 1.807) is 0 Å². The van der Waals surface area contributed by atoms with E-state index in [1.807, 2.05) is 0 Å². The predicted octanol–water partition coefficient (Wildman–Crippen LogP) is 0.270. The van der Waals surface area contributed by atoms with E-state index in [0.29, 0.717) is 12.8 Å². The lowest BCUT2D eigenvalue weighted by atomic mass is 9.74. The maximum absolute atomic E-state index is 10.8. The van der Waals surface area contributed by atoms with Gasteiger partial charge in [0, 0.05) is 0 Å². The van der Waals surface area contributed by atoms with Crippen LogP contribution in [0.5, 0.6) is 0 Å². The minimum atomic E-state index is -0.897. The first-order chi connectivity index (χ1) is 5.16. The Morgan fingerprint density at radius 3 is 2.18 bits per heavy atom. The van der Waals surface area contributed by atoms with Gasteiger partial charge in [-0.15, -0.1) is 0 Å². The molecule has 0 bridgehead atoms. The van der Waals surface area contributed by atoms with Gasteiger partial charge >= 0.3 is 11.9 Å². The number of carbonyl (C=O) groups excluding carboxylic acids is 1. The number of carboxylic acid groups (broad SMARTS) is 1. The Balaban J connectivity index is 2.49. The smallest absolute Gasteiger partial charge is 0.309 e. The predicted molar refractivity (Wildman–Crippen MR) is 35.9 cm³/mol. The van der Waals surface area contributed by atoms with E-state index in [9.17, 15) is 9.59 Å². The van der Waals surface area contributed by atoms with Crippen molar-refractivity contribution in [2.24, 2.45) is 11.8 Å². The molecule has 0 aromatic carbocycles. The minimum absolute atomic E-state index is 0.399. The molecule has 1 aliphatic rings. The van der Waals surface area contributed by atoms with Crippen molar-refractivity contribution in [3.8, 4) is 0 Å². The third-order valence-corrected chi connectivity index (χ3v) is 2.10. The Bertz CT molecular complexity index is 187. The zero-order valence-electron chi connectivity index (χ0n) is 6.24. The van der Waals surface area contributed by atoms with Gasteiger partial charge in [-0.05, 0) is 12.8 Å². The summed E-state index contributed by atoms with van der Waals surface area (Å²) in [6.45, 7) is 0. The second-order valence-corrected chi connectivity index (χ2v) is 2.65. The molecule has 0 amide bonds. The van der Waals surface area contributed by atoms with Crippen molar-refractivity contribution in [1.29, 1.82) is 0 Å². The van der Waals surface area contributed by atoms with Gasteiger partial charge in [0.15, 0.2) is 0 Å². The van der Waals surface area contributed by atoms with Gasteiger partial charge in [-0.2, -0.15) is 0 Å². The van der Waals surface area contributed by atoms with Crippen molar-refractivity contribution in [2.75, 3.05) is 7.11 Å². The lowest BCUT2D eigenvalue weighted by Gasteiger charge is -2.30. The van der Waals surface area contributed by atoms with E-state index < -0.39 is 23.8 Å². The van der Waals surface area contributed by atoms with Crippen LogP contribution in [0.1, 0.15) is 12.8 Å². The number of rotatable bonds is 2. The highest BCUT2D eigenvalue weighted by Crippen LogP contribution is 2.35. The summed E-state index contributed by atoms with van der Waals surface area (Å²) in [5.41, 5.74) is 0. The number of hydrogen-bond acceptors (Lipinski definition) is 3. The summed E-state index contributed by atoms with van der Waals surface area (Å²) in [6, 6.07) is 0. The summed E-state index contributed by atoms with van der Waals surface area (Å²) >= 11 is 0. The molecule has 0 radical (unpaired) electrons. The molecule has 1 rings (SSSR count). The largest absolute Gasteiger partial charge is 0.481 e. The molecule has 2 atom stereocenters. The van der Waals surface area contributed by atoms with E-state index in [2.05, 4.69) is 4.74 Å².